The maximum absolute atomic E-state index is 12.7. The van der Waals surface area contributed by atoms with E-state index in [2.05, 4.69) is 21.9 Å². The second-order valence-electron chi connectivity index (χ2n) is 6.56. The van der Waals surface area contributed by atoms with Crippen LogP contribution in [0.5, 0.6) is 5.75 Å². The van der Waals surface area contributed by atoms with E-state index in [0.29, 0.717) is 12.6 Å². The summed E-state index contributed by atoms with van der Waals surface area (Å²) in [5, 5.41) is 3.06. The first-order valence-electron chi connectivity index (χ1n) is 8.79. The second-order valence-corrected chi connectivity index (χ2v) is 8.85. The molecule has 1 aromatic rings. The molecule has 2 N–H and O–H groups in total. The summed E-state index contributed by atoms with van der Waals surface area (Å²) < 4.78 is 32.8. The van der Waals surface area contributed by atoms with Crippen LogP contribution in [0.15, 0.2) is 12.1 Å². The molecule has 1 aliphatic heterocycles. The number of nitrogens with one attached hydrogen (secondary N) is 2. The lowest BCUT2D eigenvalue weighted by molar-refractivity contribution is 0.0938. The fourth-order valence-electron chi connectivity index (χ4n) is 3.06. The monoisotopic (exact) mass is 418 g/mol. The van der Waals surface area contributed by atoms with Gasteiger partial charge in [-0.05, 0) is 32.0 Å². The van der Waals surface area contributed by atoms with Crippen LogP contribution in [0.4, 0.5) is 5.69 Å². The van der Waals surface area contributed by atoms with E-state index in [-0.39, 0.29) is 27.9 Å². The van der Waals surface area contributed by atoms with Gasteiger partial charge in [-0.15, -0.1) is 0 Å². The number of halogens is 1. The van der Waals surface area contributed by atoms with Crippen LogP contribution < -0.4 is 14.8 Å². The van der Waals surface area contributed by atoms with E-state index in [1.807, 2.05) is 0 Å². The van der Waals surface area contributed by atoms with Crippen molar-refractivity contribution in [3.8, 4) is 5.75 Å². The molecular formula is C17H27ClN4O4S. The Morgan fingerprint density at radius 2 is 2.11 bits per heavy atom. The second kappa shape index (κ2) is 9.09. The van der Waals surface area contributed by atoms with Gasteiger partial charge in [-0.25, -0.2) is 0 Å². The van der Waals surface area contributed by atoms with Gasteiger partial charge in [0, 0.05) is 32.7 Å². The van der Waals surface area contributed by atoms with Crippen LogP contribution in [-0.2, 0) is 10.2 Å². The molecule has 1 fully saturated rings. The number of hydrogen-bond acceptors (Lipinski definition) is 5. The van der Waals surface area contributed by atoms with Gasteiger partial charge in [0.1, 0.15) is 5.75 Å². The van der Waals surface area contributed by atoms with E-state index in [1.165, 1.54) is 33.3 Å². The van der Waals surface area contributed by atoms with Gasteiger partial charge in [0.05, 0.1) is 23.4 Å². The van der Waals surface area contributed by atoms with Crippen molar-refractivity contribution in [1.29, 1.82) is 0 Å². The molecule has 0 spiro atoms. The SMILES string of the molecule is CCN1CCCC1CNC(=O)c1cc(NS(=O)(=O)N(C)C)c(Cl)cc1OC. The van der Waals surface area contributed by atoms with Gasteiger partial charge in [0.15, 0.2) is 0 Å². The number of likely N-dealkylation sites (N-methyl/N-ethyl adjacent to an activating group) is 1. The van der Waals surface area contributed by atoms with Crippen molar-refractivity contribution < 1.29 is 17.9 Å². The van der Waals surface area contributed by atoms with Gasteiger partial charge in [-0.2, -0.15) is 12.7 Å². The summed E-state index contributed by atoms with van der Waals surface area (Å²) in [5.74, 6) is -0.0548. The lowest BCUT2D eigenvalue weighted by Crippen LogP contribution is -2.40. The number of carbonyl (C=O) groups is 1. The highest BCUT2D eigenvalue weighted by Crippen LogP contribution is 2.32. The quantitative estimate of drug-likeness (QED) is 0.671. The van der Waals surface area contributed by atoms with Crippen LogP contribution in [0.25, 0.3) is 0 Å². The molecule has 1 heterocycles. The molecular weight excluding hydrogens is 392 g/mol. The van der Waals surface area contributed by atoms with Gasteiger partial charge in [0.2, 0.25) is 0 Å². The van der Waals surface area contributed by atoms with Gasteiger partial charge in [-0.1, -0.05) is 18.5 Å². The molecule has 0 radical (unpaired) electrons. The summed E-state index contributed by atoms with van der Waals surface area (Å²) in [7, 11) is 0.475. The third-order valence-electron chi connectivity index (χ3n) is 4.66. The predicted octanol–water partition coefficient (Wildman–Crippen LogP) is 1.78. The number of carbonyl (C=O) groups excluding carboxylic acids is 1. The average molecular weight is 419 g/mol. The van der Waals surface area contributed by atoms with Crippen LogP contribution in [0, 0.1) is 0 Å². The molecule has 1 amide bonds. The minimum atomic E-state index is -3.75. The van der Waals surface area contributed by atoms with Crippen molar-refractivity contribution in [1.82, 2.24) is 14.5 Å². The third-order valence-corrected chi connectivity index (χ3v) is 6.41. The van der Waals surface area contributed by atoms with Crippen molar-refractivity contribution >= 4 is 33.4 Å². The fraction of sp³-hybridized carbons (Fsp3) is 0.588. The highest BCUT2D eigenvalue weighted by atomic mass is 35.5. The van der Waals surface area contributed by atoms with Gasteiger partial charge >= 0.3 is 10.2 Å². The molecule has 1 atom stereocenters. The van der Waals surface area contributed by atoms with E-state index >= 15 is 0 Å². The molecule has 8 nitrogen and oxygen atoms in total. The number of nitrogens with zero attached hydrogens (tertiary/aromatic N) is 2. The van der Waals surface area contributed by atoms with E-state index in [4.69, 9.17) is 16.3 Å². The third kappa shape index (κ3) is 5.25. The van der Waals surface area contributed by atoms with Gasteiger partial charge < -0.3 is 10.1 Å². The molecule has 0 aromatic heterocycles. The van der Waals surface area contributed by atoms with Crippen LogP contribution in [0.1, 0.15) is 30.1 Å². The van der Waals surface area contributed by atoms with Crippen LogP contribution in [0.3, 0.4) is 0 Å². The molecule has 2 rings (SSSR count). The Bertz CT molecular complexity index is 785. The van der Waals surface area contributed by atoms with Crippen molar-refractivity contribution in [2.75, 3.05) is 45.6 Å². The molecule has 27 heavy (non-hydrogen) atoms. The van der Waals surface area contributed by atoms with Gasteiger partial charge in [-0.3, -0.25) is 14.4 Å². The Morgan fingerprint density at radius 1 is 1.41 bits per heavy atom. The molecule has 10 heteroatoms. The molecule has 1 saturated heterocycles. The molecule has 0 bridgehead atoms. The lowest BCUT2D eigenvalue weighted by atomic mass is 10.1. The Kier molecular flexibility index (Phi) is 7.32. The molecule has 1 aromatic carbocycles. The summed E-state index contributed by atoms with van der Waals surface area (Å²) in [6, 6.07) is 3.13. The largest absolute Gasteiger partial charge is 0.496 e. The number of amides is 1. The van der Waals surface area contributed by atoms with Crippen molar-refractivity contribution in [3.05, 3.63) is 22.7 Å². The summed E-state index contributed by atoms with van der Waals surface area (Å²) >= 11 is 6.15. The zero-order valence-electron chi connectivity index (χ0n) is 16.1. The Balaban J connectivity index is 2.21. The van der Waals surface area contributed by atoms with Crippen molar-refractivity contribution in [2.45, 2.75) is 25.8 Å². The van der Waals surface area contributed by atoms with Crippen LogP contribution in [-0.4, -0.2) is 70.4 Å². The predicted molar refractivity (Wildman–Crippen MR) is 107 cm³/mol. The summed E-state index contributed by atoms with van der Waals surface area (Å²) in [5.41, 5.74) is 0.340. The number of ether oxygens (including phenoxy) is 1. The van der Waals surface area contributed by atoms with E-state index in [0.717, 1.165) is 30.2 Å². The number of hydrogen-bond donors (Lipinski definition) is 2. The number of methoxy groups -OCH3 is 1. The van der Waals surface area contributed by atoms with Crippen molar-refractivity contribution in [3.63, 3.8) is 0 Å². The average Bonchev–Trinajstić information content (AvgIpc) is 3.08. The number of likely N-dealkylation sites (tertiary alicyclic amines) is 1. The number of rotatable bonds is 8. The first kappa shape index (κ1) is 21.7. The van der Waals surface area contributed by atoms with E-state index in [1.54, 1.807) is 0 Å². The zero-order chi connectivity index (χ0) is 20.2. The zero-order valence-corrected chi connectivity index (χ0v) is 17.7. The first-order valence-corrected chi connectivity index (χ1v) is 10.6. The molecule has 0 aliphatic carbocycles. The first-order chi connectivity index (χ1) is 12.7. The number of anilines is 1. The standard InChI is InChI=1S/C17H27ClN4O4S/c1-5-22-8-6-7-12(22)11-19-17(23)13-9-15(14(18)10-16(13)26-4)20-27(24,25)21(2)3/h9-10,12,20H,5-8,11H2,1-4H3,(H,19,23). The fourth-order valence-corrected chi connectivity index (χ4v) is 3.94. The summed E-state index contributed by atoms with van der Waals surface area (Å²) in [6.45, 7) is 4.61. The lowest BCUT2D eigenvalue weighted by Gasteiger charge is -2.23. The normalized spacial score (nSPS) is 17.9. The Hall–Kier alpha value is -1.55. The van der Waals surface area contributed by atoms with Gasteiger partial charge in [0.25, 0.3) is 5.91 Å². The smallest absolute Gasteiger partial charge is 0.301 e. The van der Waals surface area contributed by atoms with Crippen LogP contribution >= 0.6 is 11.6 Å². The van der Waals surface area contributed by atoms with E-state index in [9.17, 15) is 13.2 Å². The Labute approximate surface area is 166 Å². The maximum atomic E-state index is 12.7. The maximum Gasteiger partial charge on any atom is 0.301 e. The highest BCUT2D eigenvalue weighted by molar-refractivity contribution is 7.90. The van der Waals surface area contributed by atoms with Crippen LogP contribution in [0.2, 0.25) is 5.02 Å². The summed E-state index contributed by atoms with van der Waals surface area (Å²) in [6.07, 6.45) is 2.16. The minimum absolute atomic E-state index is 0.118. The van der Waals surface area contributed by atoms with Crippen molar-refractivity contribution in [2.24, 2.45) is 0 Å². The molecule has 1 aliphatic rings. The summed E-state index contributed by atoms with van der Waals surface area (Å²) in [4.78, 5) is 15.0. The number of benzene rings is 1. The molecule has 152 valence electrons. The highest BCUT2D eigenvalue weighted by Gasteiger charge is 2.25. The minimum Gasteiger partial charge on any atom is -0.496 e. The Morgan fingerprint density at radius 3 is 2.70 bits per heavy atom. The molecule has 1 unspecified atom stereocenters. The van der Waals surface area contributed by atoms with E-state index < -0.39 is 10.2 Å². The molecule has 0 saturated carbocycles. The topological polar surface area (TPSA) is 91.0 Å².